The summed E-state index contributed by atoms with van der Waals surface area (Å²) in [5.41, 5.74) is 5.97. The lowest BCUT2D eigenvalue weighted by Gasteiger charge is -2.26. The van der Waals surface area contributed by atoms with Crippen molar-refractivity contribution < 1.29 is 4.79 Å². The number of nitrogens with zero attached hydrogens (tertiary/aromatic N) is 4. The molecular weight excluding hydrogens is 302 g/mol. The number of carbonyl (C=O) groups excluding carboxylic acids is 1. The SMILES string of the molecule is Cc1cc(C)n(-c2ccc(C(=O)N3CCc4[nH]ncc4C3)cc2)n1. The Kier molecular flexibility index (Phi) is 3.45. The van der Waals surface area contributed by atoms with Crippen LogP contribution in [-0.4, -0.2) is 37.3 Å². The summed E-state index contributed by atoms with van der Waals surface area (Å²) in [6.07, 6.45) is 2.63. The lowest BCUT2D eigenvalue weighted by molar-refractivity contribution is 0.0734. The first-order valence-electron chi connectivity index (χ1n) is 8.06. The molecule has 0 spiro atoms. The average Bonchev–Trinajstić information content (AvgIpc) is 3.19. The molecule has 1 aliphatic rings. The Bertz CT molecular complexity index is 891. The number of nitrogens with one attached hydrogen (secondary N) is 1. The minimum atomic E-state index is 0.0572. The van der Waals surface area contributed by atoms with Crippen molar-refractivity contribution in [3.8, 4) is 5.69 Å². The van der Waals surface area contributed by atoms with Gasteiger partial charge in [-0.3, -0.25) is 9.89 Å². The summed E-state index contributed by atoms with van der Waals surface area (Å²) in [7, 11) is 0. The fourth-order valence-electron chi connectivity index (χ4n) is 3.21. The first-order valence-corrected chi connectivity index (χ1v) is 8.06. The van der Waals surface area contributed by atoms with Crippen LogP contribution in [-0.2, 0) is 13.0 Å². The van der Waals surface area contributed by atoms with Crippen molar-refractivity contribution in [1.82, 2.24) is 24.9 Å². The summed E-state index contributed by atoms with van der Waals surface area (Å²) in [5.74, 6) is 0.0572. The smallest absolute Gasteiger partial charge is 0.254 e. The first-order chi connectivity index (χ1) is 11.6. The molecule has 122 valence electrons. The molecule has 1 aromatic carbocycles. The van der Waals surface area contributed by atoms with Gasteiger partial charge in [-0.2, -0.15) is 10.2 Å². The summed E-state index contributed by atoms with van der Waals surface area (Å²) >= 11 is 0. The van der Waals surface area contributed by atoms with Gasteiger partial charge in [0, 0.05) is 42.0 Å². The number of hydrogen-bond donors (Lipinski definition) is 1. The van der Waals surface area contributed by atoms with E-state index < -0.39 is 0 Å². The predicted molar refractivity (Wildman–Crippen MR) is 90.1 cm³/mol. The Balaban J connectivity index is 1.55. The molecule has 3 aromatic rings. The number of hydrogen-bond acceptors (Lipinski definition) is 3. The van der Waals surface area contributed by atoms with Crippen LogP contribution >= 0.6 is 0 Å². The Morgan fingerprint density at radius 1 is 1.21 bits per heavy atom. The van der Waals surface area contributed by atoms with Crippen molar-refractivity contribution >= 4 is 5.91 Å². The zero-order valence-corrected chi connectivity index (χ0v) is 13.8. The van der Waals surface area contributed by atoms with Crippen LogP contribution in [0.15, 0.2) is 36.5 Å². The minimum Gasteiger partial charge on any atom is -0.334 e. The number of carbonyl (C=O) groups is 1. The second-order valence-electron chi connectivity index (χ2n) is 6.24. The number of aromatic amines is 1. The molecule has 0 saturated carbocycles. The van der Waals surface area contributed by atoms with Crippen LogP contribution in [0.4, 0.5) is 0 Å². The molecule has 0 aliphatic carbocycles. The molecular formula is C18H19N5O. The number of aryl methyl sites for hydroxylation is 2. The fourth-order valence-corrected chi connectivity index (χ4v) is 3.21. The largest absolute Gasteiger partial charge is 0.334 e. The third-order valence-corrected chi connectivity index (χ3v) is 4.46. The van der Waals surface area contributed by atoms with E-state index in [1.165, 1.54) is 0 Å². The summed E-state index contributed by atoms with van der Waals surface area (Å²) in [4.78, 5) is 14.6. The zero-order chi connectivity index (χ0) is 16.7. The zero-order valence-electron chi connectivity index (χ0n) is 13.8. The molecule has 3 heterocycles. The predicted octanol–water partition coefficient (Wildman–Crippen LogP) is 2.41. The van der Waals surface area contributed by atoms with Gasteiger partial charge in [0.15, 0.2) is 0 Å². The van der Waals surface area contributed by atoms with Gasteiger partial charge in [-0.1, -0.05) is 0 Å². The van der Waals surface area contributed by atoms with Crippen molar-refractivity contribution in [3.05, 3.63) is 64.7 Å². The molecule has 0 bridgehead atoms. The maximum atomic E-state index is 12.7. The van der Waals surface area contributed by atoms with Gasteiger partial charge in [0.2, 0.25) is 0 Å². The van der Waals surface area contributed by atoms with E-state index in [1.807, 2.05) is 53.8 Å². The molecule has 24 heavy (non-hydrogen) atoms. The van der Waals surface area contributed by atoms with Crippen LogP contribution in [0.25, 0.3) is 5.69 Å². The van der Waals surface area contributed by atoms with E-state index in [0.29, 0.717) is 18.7 Å². The summed E-state index contributed by atoms with van der Waals surface area (Å²) in [6, 6.07) is 9.67. The van der Waals surface area contributed by atoms with Crippen molar-refractivity contribution in [1.29, 1.82) is 0 Å². The highest BCUT2D eigenvalue weighted by atomic mass is 16.2. The Morgan fingerprint density at radius 3 is 2.71 bits per heavy atom. The Labute approximate surface area is 140 Å². The Hall–Kier alpha value is -2.89. The van der Waals surface area contributed by atoms with E-state index in [0.717, 1.165) is 34.8 Å². The number of H-pyrrole nitrogens is 1. The quantitative estimate of drug-likeness (QED) is 0.788. The van der Waals surface area contributed by atoms with Gasteiger partial charge in [0.1, 0.15) is 0 Å². The molecule has 6 nitrogen and oxygen atoms in total. The third kappa shape index (κ3) is 2.50. The highest BCUT2D eigenvalue weighted by molar-refractivity contribution is 5.94. The van der Waals surface area contributed by atoms with E-state index in [9.17, 15) is 4.79 Å². The van der Waals surface area contributed by atoms with Crippen molar-refractivity contribution in [2.24, 2.45) is 0 Å². The number of fused-ring (bicyclic) bond motifs is 1. The van der Waals surface area contributed by atoms with Crippen LogP contribution in [0.2, 0.25) is 0 Å². The van der Waals surface area contributed by atoms with Gasteiger partial charge in [0.05, 0.1) is 17.6 Å². The van der Waals surface area contributed by atoms with Crippen LogP contribution in [0.3, 0.4) is 0 Å². The molecule has 0 saturated heterocycles. The lowest BCUT2D eigenvalue weighted by Crippen LogP contribution is -2.35. The van der Waals surface area contributed by atoms with Crippen molar-refractivity contribution in [2.75, 3.05) is 6.54 Å². The third-order valence-electron chi connectivity index (χ3n) is 4.46. The average molecular weight is 321 g/mol. The number of amides is 1. The van der Waals surface area contributed by atoms with Gasteiger partial charge in [-0.05, 0) is 44.2 Å². The molecule has 6 heteroatoms. The number of aromatic nitrogens is 4. The monoisotopic (exact) mass is 321 g/mol. The molecule has 1 aliphatic heterocycles. The number of benzene rings is 1. The lowest BCUT2D eigenvalue weighted by atomic mass is 10.1. The first kappa shape index (κ1) is 14.7. The topological polar surface area (TPSA) is 66.8 Å². The highest BCUT2D eigenvalue weighted by Gasteiger charge is 2.22. The fraction of sp³-hybridized carbons (Fsp3) is 0.278. The van der Waals surface area contributed by atoms with Crippen LogP contribution < -0.4 is 0 Å². The minimum absolute atomic E-state index is 0.0572. The summed E-state index contributed by atoms with van der Waals surface area (Å²) < 4.78 is 1.89. The summed E-state index contributed by atoms with van der Waals surface area (Å²) in [5, 5.41) is 11.5. The van der Waals surface area contributed by atoms with Gasteiger partial charge in [-0.15, -0.1) is 0 Å². The molecule has 0 fully saturated rings. The molecule has 0 radical (unpaired) electrons. The number of rotatable bonds is 2. The van der Waals surface area contributed by atoms with E-state index in [4.69, 9.17) is 0 Å². The second-order valence-corrected chi connectivity index (χ2v) is 6.24. The van der Waals surface area contributed by atoms with E-state index in [1.54, 1.807) is 6.20 Å². The van der Waals surface area contributed by atoms with Crippen molar-refractivity contribution in [2.45, 2.75) is 26.8 Å². The molecule has 1 amide bonds. The molecule has 4 rings (SSSR count). The Morgan fingerprint density at radius 2 is 2.00 bits per heavy atom. The second kappa shape index (κ2) is 5.63. The standard InChI is InChI=1S/C18H19N5O/c1-12-9-13(2)23(21-12)16-5-3-14(4-6-16)18(24)22-8-7-17-15(11-22)10-19-20-17/h3-6,9-10H,7-8,11H2,1-2H3,(H,19,20). The van der Waals surface area contributed by atoms with E-state index >= 15 is 0 Å². The molecule has 1 N–H and O–H groups in total. The highest BCUT2D eigenvalue weighted by Crippen LogP contribution is 2.19. The normalized spacial score (nSPS) is 13.8. The van der Waals surface area contributed by atoms with Crippen LogP contribution in [0.5, 0.6) is 0 Å². The molecule has 0 unspecified atom stereocenters. The van der Waals surface area contributed by atoms with Crippen LogP contribution in [0.1, 0.15) is 33.0 Å². The molecule has 2 aromatic heterocycles. The van der Waals surface area contributed by atoms with Gasteiger partial charge < -0.3 is 4.90 Å². The van der Waals surface area contributed by atoms with Gasteiger partial charge in [-0.25, -0.2) is 4.68 Å². The van der Waals surface area contributed by atoms with Crippen LogP contribution in [0, 0.1) is 13.8 Å². The maximum absolute atomic E-state index is 12.7. The van der Waals surface area contributed by atoms with E-state index in [2.05, 4.69) is 15.3 Å². The van der Waals surface area contributed by atoms with Crippen molar-refractivity contribution in [3.63, 3.8) is 0 Å². The summed E-state index contributed by atoms with van der Waals surface area (Å²) in [6.45, 7) is 5.33. The van der Waals surface area contributed by atoms with Gasteiger partial charge in [0.25, 0.3) is 5.91 Å². The van der Waals surface area contributed by atoms with E-state index in [-0.39, 0.29) is 5.91 Å². The maximum Gasteiger partial charge on any atom is 0.254 e. The molecule has 0 atom stereocenters. The van der Waals surface area contributed by atoms with Gasteiger partial charge >= 0.3 is 0 Å².